The van der Waals surface area contributed by atoms with E-state index in [4.69, 9.17) is 11.6 Å². The first-order chi connectivity index (χ1) is 11.2. The Hall–Kier alpha value is -1.32. The van der Waals surface area contributed by atoms with Crippen LogP contribution in [0.25, 0.3) is 0 Å². The first-order valence-electron chi connectivity index (χ1n) is 8.32. The molecule has 3 unspecified atom stereocenters. The number of hydrogen-bond acceptors (Lipinski definition) is 2. The van der Waals surface area contributed by atoms with Crippen molar-refractivity contribution >= 4 is 28.8 Å². The van der Waals surface area contributed by atoms with Crippen molar-refractivity contribution in [3.8, 4) is 0 Å². The molecule has 1 aromatic heterocycles. The standard InChI is InChI=1S/C19H20ClNOS/c1-2-17-13-8-10-23-18(13)7-9-21(17)19(22)15-11-14(15)12-5-3-4-6-16(12)20/h3-6,8,10,14-15,17H,2,7,9,11H2,1H3. The summed E-state index contributed by atoms with van der Waals surface area (Å²) in [4.78, 5) is 16.6. The Morgan fingerprint density at radius 2 is 2.13 bits per heavy atom. The second-order valence-corrected chi connectivity index (χ2v) is 7.88. The Morgan fingerprint density at radius 3 is 2.91 bits per heavy atom. The van der Waals surface area contributed by atoms with Crippen LogP contribution in [0.1, 0.15) is 47.7 Å². The van der Waals surface area contributed by atoms with Crippen molar-refractivity contribution in [2.75, 3.05) is 6.54 Å². The average Bonchev–Trinajstić information content (AvgIpc) is 3.21. The van der Waals surface area contributed by atoms with Crippen molar-refractivity contribution < 1.29 is 4.79 Å². The molecule has 2 aliphatic rings. The van der Waals surface area contributed by atoms with Gasteiger partial charge in [0.05, 0.1) is 6.04 Å². The zero-order valence-corrected chi connectivity index (χ0v) is 14.7. The minimum Gasteiger partial charge on any atom is -0.335 e. The topological polar surface area (TPSA) is 20.3 Å². The number of hydrogen-bond donors (Lipinski definition) is 0. The molecular weight excluding hydrogens is 326 g/mol. The third-order valence-electron chi connectivity index (χ3n) is 5.18. The van der Waals surface area contributed by atoms with Crippen molar-refractivity contribution in [3.05, 3.63) is 56.7 Å². The Morgan fingerprint density at radius 1 is 1.30 bits per heavy atom. The molecule has 0 N–H and O–H groups in total. The number of thiophene rings is 1. The summed E-state index contributed by atoms with van der Waals surface area (Å²) in [6.07, 6.45) is 2.92. The molecule has 2 heterocycles. The van der Waals surface area contributed by atoms with Crippen LogP contribution in [0.5, 0.6) is 0 Å². The SMILES string of the molecule is CCC1c2ccsc2CCN1C(=O)C1CC1c1ccccc1Cl. The van der Waals surface area contributed by atoms with Crippen molar-refractivity contribution in [1.29, 1.82) is 0 Å². The van der Waals surface area contributed by atoms with Gasteiger partial charge in [0.2, 0.25) is 5.91 Å². The van der Waals surface area contributed by atoms with Gasteiger partial charge < -0.3 is 4.90 Å². The lowest BCUT2D eigenvalue weighted by atomic mass is 9.97. The number of carbonyl (C=O) groups is 1. The van der Waals surface area contributed by atoms with E-state index in [1.807, 2.05) is 29.5 Å². The fourth-order valence-corrected chi connectivity index (χ4v) is 5.10. The molecule has 3 atom stereocenters. The highest BCUT2D eigenvalue weighted by Gasteiger charge is 2.48. The maximum Gasteiger partial charge on any atom is 0.226 e. The molecule has 4 heteroatoms. The van der Waals surface area contributed by atoms with E-state index in [0.717, 1.165) is 36.4 Å². The Labute approximate surface area is 146 Å². The molecule has 1 fully saturated rings. The zero-order chi connectivity index (χ0) is 16.0. The number of halogens is 1. The zero-order valence-electron chi connectivity index (χ0n) is 13.2. The first-order valence-corrected chi connectivity index (χ1v) is 9.57. The van der Waals surface area contributed by atoms with E-state index in [0.29, 0.717) is 11.8 Å². The highest BCUT2D eigenvalue weighted by Crippen LogP contribution is 2.51. The summed E-state index contributed by atoms with van der Waals surface area (Å²) < 4.78 is 0. The Bertz CT molecular complexity index is 740. The summed E-state index contributed by atoms with van der Waals surface area (Å²) in [5, 5.41) is 2.95. The highest BCUT2D eigenvalue weighted by molar-refractivity contribution is 7.10. The van der Waals surface area contributed by atoms with E-state index in [9.17, 15) is 4.79 Å². The molecule has 0 saturated heterocycles. The first kappa shape index (κ1) is 15.2. The Kier molecular flexibility index (Phi) is 3.94. The van der Waals surface area contributed by atoms with E-state index < -0.39 is 0 Å². The van der Waals surface area contributed by atoms with Gasteiger partial charge in [-0.3, -0.25) is 4.79 Å². The fourth-order valence-electron chi connectivity index (χ4n) is 3.90. The summed E-state index contributed by atoms with van der Waals surface area (Å²) in [6.45, 7) is 3.03. The predicted molar refractivity (Wildman–Crippen MR) is 95.1 cm³/mol. The van der Waals surface area contributed by atoms with Gasteiger partial charge in [0, 0.05) is 22.4 Å². The molecule has 1 aromatic carbocycles. The number of amides is 1. The second-order valence-electron chi connectivity index (χ2n) is 6.47. The molecule has 2 nitrogen and oxygen atoms in total. The van der Waals surface area contributed by atoms with Crippen molar-refractivity contribution in [1.82, 2.24) is 4.90 Å². The monoisotopic (exact) mass is 345 g/mol. The lowest BCUT2D eigenvalue weighted by Gasteiger charge is -2.35. The molecule has 0 bridgehead atoms. The molecule has 120 valence electrons. The molecule has 0 spiro atoms. The minimum atomic E-state index is 0.115. The van der Waals surface area contributed by atoms with Crippen molar-refractivity contribution in [3.63, 3.8) is 0 Å². The van der Waals surface area contributed by atoms with Gasteiger partial charge in [-0.25, -0.2) is 0 Å². The number of rotatable bonds is 3. The number of nitrogens with zero attached hydrogens (tertiary/aromatic N) is 1. The third kappa shape index (κ3) is 2.60. The van der Waals surface area contributed by atoms with E-state index >= 15 is 0 Å². The second kappa shape index (κ2) is 5.95. The molecule has 4 rings (SSSR count). The normalized spacial score (nSPS) is 26.0. The van der Waals surface area contributed by atoms with Gasteiger partial charge >= 0.3 is 0 Å². The van der Waals surface area contributed by atoms with E-state index in [1.165, 1.54) is 10.4 Å². The van der Waals surface area contributed by atoms with E-state index in [1.54, 1.807) is 0 Å². The number of fused-ring (bicyclic) bond motifs is 1. The Balaban J connectivity index is 1.54. The van der Waals surface area contributed by atoms with Gasteiger partial charge in [0.1, 0.15) is 0 Å². The van der Waals surface area contributed by atoms with Crippen LogP contribution in [0.4, 0.5) is 0 Å². The fraction of sp³-hybridized carbons (Fsp3) is 0.421. The lowest BCUT2D eigenvalue weighted by Crippen LogP contribution is -2.40. The van der Waals surface area contributed by atoms with Gasteiger partial charge in [0.25, 0.3) is 0 Å². The van der Waals surface area contributed by atoms with Crippen molar-refractivity contribution in [2.24, 2.45) is 5.92 Å². The summed E-state index contributed by atoms with van der Waals surface area (Å²) in [5.74, 6) is 0.736. The summed E-state index contributed by atoms with van der Waals surface area (Å²) in [5.41, 5.74) is 2.50. The van der Waals surface area contributed by atoms with Crippen LogP contribution in [0, 0.1) is 5.92 Å². The van der Waals surface area contributed by atoms with E-state index in [-0.39, 0.29) is 12.0 Å². The maximum absolute atomic E-state index is 13.0. The molecule has 23 heavy (non-hydrogen) atoms. The smallest absolute Gasteiger partial charge is 0.226 e. The average molecular weight is 346 g/mol. The van der Waals surface area contributed by atoms with Crippen LogP contribution >= 0.6 is 22.9 Å². The third-order valence-corrected chi connectivity index (χ3v) is 6.52. The molecule has 2 aromatic rings. The van der Waals surface area contributed by atoms with Gasteiger partial charge in [-0.05, 0) is 53.8 Å². The van der Waals surface area contributed by atoms with Crippen LogP contribution in [-0.2, 0) is 11.2 Å². The van der Waals surface area contributed by atoms with Gasteiger partial charge in [0.15, 0.2) is 0 Å². The maximum atomic E-state index is 13.0. The van der Waals surface area contributed by atoms with Gasteiger partial charge in [-0.15, -0.1) is 11.3 Å². The van der Waals surface area contributed by atoms with Crippen molar-refractivity contribution in [2.45, 2.75) is 38.1 Å². The molecule has 1 aliphatic carbocycles. The molecule has 1 amide bonds. The van der Waals surface area contributed by atoms with Gasteiger partial charge in [-0.1, -0.05) is 36.7 Å². The highest BCUT2D eigenvalue weighted by atomic mass is 35.5. The molecule has 1 aliphatic heterocycles. The van der Waals surface area contributed by atoms with Crippen LogP contribution in [0.3, 0.4) is 0 Å². The molecule has 0 radical (unpaired) electrons. The summed E-state index contributed by atoms with van der Waals surface area (Å²) in [7, 11) is 0. The van der Waals surface area contributed by atoms with Crippen LogP contribution in [0.2, 0.25) is 5.02 Å². The van der Waals surface area contributed by atoms with Crippen LogP contribution in [-0.4, -0.2) is 17.4 Å². The van der Waals surface area contributed by atoms with Crippen LogP contribution < -0.4 is 0 Å². The molecular formula is C19H20ClNOS. The predicted octanol–water partition coefficient (Wildman–Crippen LogP) is 5.04. The minimum absolute atomic E-state index is 0.115. The lowest BCUT2D eigenvalue weighted by molar-refractivity contribution is -0.135. The van der Waals surface area contributed by atoms with Gasteiger partial charge in [-0.2, -0.15) is 0 Å². The summed E-state index contributed by atoms with van der Waals surface area (Å²) in [6, 6.07) is 10.4. The van der Waals surface area contributed by atoms with Crippen LogP contribution in [0.15, 0.2) is 35.7 Å². The largest absolute Gasteiger partial charge is 0.335 e. The number of carbonyl (C=O) groups excluding carboxylic acids is 1. The quantitative estimate of drug-likeness (QED) is 0.763. The number of benzene rings is 1. The summed E-state index contributed by atoms with van der Waals surface area (Å²) >= 11 is 8.13. The van der Waals surface area contributed by atoms with E-state index in [2.05, 4.69) is 29.3 Å². The molecule has 1 saturated carbocycles.